The van der Waals surface area contributed by atoms with Gasteiger partial charge in [0.25, 0.3) is 0 Å². The summed E-state index contributed by atoms with van der Waals surface area (Å²) < 4.78 is 37.0. The first-order valence-electron chi connectivity index (χ1n) is 7.34. The summed E-state index contributed by atoms with van der Waals surface area (Å²) in [4.78, 5) is 15.0. The third-order valence-electron chi connectivity index (χ3n) is 3.77. The van der Waals surface area contributed by atoms with Crippen molar-refractivity contribution in [3.8, 4) is 0 Å². The number of carbonyl (C=O) groups is 1. The van der Waals surface area contributed by atoms with E-state index in [1.54, 1.807) is 17.0 Å². The van der Waals surface area contributed by atoms with Crippen molar-refractivity contribution < 1.29 is 18.0 Å². The van der Waals surface area contributed by atoms with Crippen LogP contribution in [0.25, 0.3) is 0 Å². The quantitative estimate of drug-likeness (QED) is 0.909. The molecule has 1 N–H and O–H groups in total. The molecule has 1 aliphatic heterocycles. The third-order valence-corrected chi connectivity index (χ3v) is 4.02. The van der Waals surface area contributed by atoms with Crippen LogP contribution in [-0.2, 0) is 0 Å². The van der Waals surface area contributed by atoms with Crippen LogP contribution in [0.15, 0.2) is 24.3 Å². The molecule has 4 nitrogen and oxygen atoms in total. The van der Waals surface area contributed by atoms with Crippen LogP contribution in [0.3, 0.4) is 0 Å². The smallest absolute Gasteiger partial charge is 0.331 e. The third kappa shape index (κ3) is 5.58. The summed E-state index contributed by atoms with van der Waals surface area (Å²) in [5.74, 6) is 0. The van der Waals surface area contributed by atoms with Crippen molar-refractivity contribution >= 4 is 17.6 Å². The van der Waals surface area contributed by atoms with Crippen molar-refractivity contribution in [1.29, 1.82) is 0 Å². The summed E-state index contributed by atoms with van der Waals surface area (Å²) in [5.41, 5.74) is 0.915. The molecular weight excluding hydrogens is 331 g/mol. The van der Waals surface area contributed by atoms with Crippen LogP contribution in [0.5, 0.6) is 0 Å². The Kier molecular flexibility index (Phi) is 5.75. The minimum atomic E-state index is -4.20. The summed E-state index contributed by atoms with van der Waals surface area (Å²) in [6.45, 7) is 1.94. The highest BCUT2D eigenvalue weighted by Gasteiger charge is 2.32. The Morgan fingerprint density at radius 1 is 1.22 bits per heavy atom. The number of halogens is 4. The lowest BCUT2D eigenvalue weighted by molar-refractivity contribution is -0.148. The Morgan fingerprint density at radius 2 is 1.78 bits per heavy atom. The maximum absolute atomic E-state index is 12.3. The zero-order valence-corrected chi connectivity index (χ0v) is 13.5. The highest BCUT2D eigenvalue weighted by Crippen LogP contribution is 2.18. The molecule has 0 saturated carbocycles. The van der Waals surface area contributed by atoms with Crippen LogP contribution in [0.1, 0.15) is 18.5 Å². The van der Waals surface area contributed by atoms with Gasteiger partial charge in [0.1, 0.15) is 0 Å². The fraction of sp³-hybridized carbons (Fsp3) is 0.533. The standard InChI is InChI=1S/C15H19ClF3N3O/c1-11(12-2-4-13(16)5-3-12)20-14(23)22-8-6-21(7-9-22)10-15(17,18)19/h2-5,11H,6-10H2,1H3,(H,20,23)/t11-/m1/s1. The van der Waals surface area contributed by atoms with Crippen molar-refractivity contribution in [2.75, 3.05) is 32.7 Å². The van der Waals surface area contributed by atoms with E-state index in [4.69, 9.17) is 11.6 Å². The maximum Gasteiger partial charge on any atom is 0.401 e. The average molecular weight is 350 g/mol. The monoisotopic (exact) mass is 349 g/mol. The number of nitrogens with one attached hydrogen (secondary N) is 1. The number of nitrogens with zero attached hydrogens (tertiary/aromatic N) is 2. The van der Waals surface area contributed by atoms with Gasteiger partial charge in [0.15, 0.2) is 0 Å². The van der Waals surface area contributed by atoms with Crippen LogP contribution >= 0.6 is 11.6 Å². The molecule has 1 aromatic rings. The summed E-state index contributed by atoms with van der Waals surface area (Å²) in [5, 5.41) is 3.47. The second kappa shape index (κ2) is 7.40. The van der Waals surface area contributed by atoms with Gasteiger partial charge < -0.3 is 10.2 Å². The number of rotatable bonds is 3. The molecule has 0 radical (unpaired) electrons. The molecule has 1 fully saturated rings. The summed E-state index contributed by atoms with van der Waals surface area (Å²) in [6, 6.07) is 6.68. The normalized spacial score (nSPS) is 17.9. The van der Waals surface area contributed by atoms with Crippen LogP contribution in [0.2, 0.25) is 5.02 Å². The van der Waals surface area contributed by atoms with Crippen molar-refractivity contribution in [3.05, 3.63) is 34.9 Å². The summed E-state index contributed by atoms with van der Waals surface area (Å²) >= 11 is 5.82. The zero-order chi connectivity index (χ0) is 17.0. The van der Waals surface area contributed by atoms with E-state index in [2.05, 4.69) is 5.32 Å². The van der Waals surface area contributed by atoms with E-state index in [0.717, 1.165) is 5.56 Å². The molecule has 0 spiro atoms. The minimum Gasteiger partial charge on any atom is -0.331 e. The SMILES string of the molecule is C[C@@H](NC(=O)N1CCN(CC(F)(F)F)CC1)c1ccc(Cl)cc1. The van der Waals surface area contributed by atoms with Crippen molar-refractivity contribution in [1.82, 2.24) is 15.1 Å². The molecule has 128 valence electrons. The number of urea groups is 1. The largest absolute Gasteiger partial charge is 0.401 e. The van der Waals surface area contributed by atoms with Gasteiger partial charge in [-0.05, 0) is 24.6 Å². The lowest BCUT2D eigenvalue weighted by atomic mass is 10.1. The van der Waals surface area contributed by atoms with Gasteiger partial charge in [0.2, 0.25) is 0 Å². The summed E-state index contributed by atoms with van der Waals surface area (Å²) in [6.07, 6.45) is -4.20. The van der Waals surface area contributed by atoms with Crippen molar-refractivity contribution in [2.24, 2.45) is 0 Å². The van der Waals surface area contributed by atoms with Gasteiger partial charge in [-0.3, -0.25) is 4.90 Å². The Balaban J connectivity index is 1.82. The van der Waals surface area contributed by atoms with E-state index in [9.17, 15) is 18.0 Å². The molecule has 1 aromatic carbocycles. The van der Waals surface area contributed by atoms with Crippen molar-refractivity contribution in [3.63, 3.8) is 0 Å². The Bertz CT molecular complexity index is 528. The highest BCUT2D eigenvalue weighted by molar-refractivity contribution is 6.30. The number of piperazine rings is 1. The van der Waals surface area contributed by atoms with Crippen LogP contribution < -0.4 is 5.32 Å². The number of alkyl halides is 3. The minimum absolute atomic E-state index is 0.201. The number of benzene rings is 1. The van der Waals surface area contributed by atoms with Crippen LogP contribution in [-0.4, -0.2) is 54.7 Å². The molecule has 23 heavy (non-hydrogen) atoms. The predicted octanol–water partition coefficient (Wildman–Crippen LogP) is 3.29. The molecule has 1 heterocycles. The summed E-state index contributed by atoms with van der Waals surface area (Å²) in [7, 11) is 0. The Hall–Kier alpha value is -1.47. The molecule has 0 unspecified atom stereocenters. The topological polar surface area (TPSA) is 35.6 Å². The molecular formula is C15H19ClF3N3O. The number of amides is 2. The van der Waals surface area contributed by atoms with E-state index >= 15 is 0 Å². The molecule has 2 amide bonds. The fourth-order valence-corrected chi connectivity index (χ4v) is 2.60. The van der Waals surface area contributed by atoms with Gasteiger partial charge in [0.05, 0.1) is 12.6 Å². The first-order chi connectivity index (χ1) is 10.7. The molecule has 0 bridgehead atoms. The molecule has 1 saturated heterocycles. The number of hydrogen-bond donors (Lipinski definition) is 1. The Labute approximate surface area is 138 Å². The lowest BCUT2D eigenvalue weighted by Gasteiger charge is -2.35. The molecule has 1 atom stereocenters. The molecule has 2 rings (SSSR count). The van der Waals surface area contributed by atoms with Gasteiger partial charge in [0, 0.05) is 31.2 Å². The molecule has 8 heteroatoms. The van der Waals surface area contributed by atoms with E-state index in [1.165, 1.54) is 4.90 Å². The maximum atomic E-state index is 12.3. The second-order valence-electron chi connectivity index (χ2n) is 5.60. The molecule has 0 aromatic heterocycles. The van der Waals surface area contributed by atoms with Gasteiger partial charge >= 0.3 is 12.2 Å². The number of hydrogen-bond acceptors (Lipinski definition) is 2. The highest BCUT2D eigenvalue weighted by atomic mass is 35.5. The van der Waals surface area contributed by atoms with Gasteiger partial charge in [-0.25, -0.2) is 4.79 Å². The second-order valence-corrected chi connectivity index (χ2v) is 6.04. The predicted molar refractivity (Wildman–Crippen MR) is 82.5 cm³/mol. The first-order valence-corrected chi connectivity index (χ1v) is 7.72. The van der Waals surface area contributed by atoms with E-state index in [0.29, 0.717) is 5.02 Å². The van der Waals surface area contributed by atoms with Gasteiger partial charge in [-0.1, -0.05) is 23.7 Å². The molecule has 1 aliphatic rings. The van der Waals surface area contributed by atoms with Crippen LogP contribution in [0, 0.1) is 0 Å². The first kappa shape index (κ1) is 17.9. The van der Waals surface area contributed by atoms with E-state index in [1.807, 2.05) is 19.1 Å². The fourth-order valence-electron chi connectivity index (χ4n) is 2.47. The van der Waals surface area contributed by atoms with E-state index in [-0.39, 0.29) is 38.3 Å². The van der Waals surface area contributed by atoms with Gasteiger partial charge in [-0.15, -0.1) is 0 Å². The Morgan fingerprint density at radius 3 is 2.30 bits per heavy atom. The van der Waals surface area contributed by atoms with Crippen LogP contribution in [0.4, 0.5) is 18.0 Å². The zero-order valence-electron chi connectivity index (χ0n) is 12.7. The van der Waals surface area contributed by atoms with Gasteiger partial charge in [-0.2, -0.15) is 13.2 Å². The van der Waals surface area contributed by atoms with E-state index < -0.39 is 12.7 Å². The van der Waals surface area contributed by atoms with Crippen molar-refractivity contribution in [2.45, 2.75) is 19.1 Å². The molecule has 0 aliphatic carbocycles. The number of carbonyl (C=O) groups excluding carboxylic acids is 1. The lowest BCUT2D eigenvalue weighted by Crippen LogP contribution is -2.53. The average Bonchev–Trinajstić information content (AvgIpc) is 2.46.